The summed E-state index contributed by atoms with van der Waals surface area (Å²) in [6.07, 6.45) is 1.61. The first-order chi connectivity index (χ1) is 9.88. The quantitative estimate of drug-likeness (QED) is 0.478. The van der Waals surface area contributed by atoms with Crippen molar-refractivity contribution in [3.05, 3.63) is 34.0 Å². The second-order valence-electron chi connectivity index (χ2n) is 4.86. The molecule has 0 radical (unpaired) electrons. The summed E-state index contributed by atoms with van der Waals surface area (Å²) in [7, 11) is 3.71. The molecule has 21 heavy (non-hydrogen) atoms. The Hall–Kier alpha value is -1.95. The van der Waals surface area contributed by atoms with E-state index < -0.39 is 0 Å². The molecule has 0 saturated heterocycles. The Balaban J connectivity index is 2.58. The minimum Gasteiger partial charge on any atom is -0.460 e. The van der Waals surface area contributed by atoms with Crippen molar-refractivity contribution in [3.63, 3.8) is 0 Å². The van der Waals surface area contributed by atoms with Gasteiger partial charge in [0.2, 0.25) is 0 Å². The number of carbonyl (C=O) groups is 1. The van der Waals surface area contributed by atoms with E-state index in [9.17, 15) is 4.79 Å². The maximum Gasteiger partial charge on any atom is 0.165 e. The van der Waals surface area contributed by atoms with Crippen LogP contribution in [0.5, 0.6) is 0 Å². The topological polar surface area (TPSA) is 58.7 Å². The predicted molar refractivity (Wildman–Crippen MR) is 86.2 cm³/mol. The number of ketones is 1. The first-order valence-electron chi connectivity index (χ1n) is 6.37. The monoisotopic (exact) mass is 349 g/mol. The Morgan fingerprint density at radius 3 is 2.67 bits per heavy atom. The lowest BCUT2D eigenvalue weighted by Gasteiger charge is -2.08. The number of aryl methyl sites for hydroxylation is 1. The molecule has 2 heterocycles. The summed E-state index contributed by atoms with van der Waals surface area (Å²) >= 11 is 3.44. The van der Waals surface area contributed by atoms with Crippen molar-refractivity contribution in [1.82, 2.24) is 9.88 Å². The zero-order chi connectivity index (χ0) is 15.6. The van der Waals surface area contributed by atoms with Crippen molar-refractivity contribution in [2.24, 2.45) is 4.99 Å². The van der Waals surface area contributed by atoms with E-state index in [0.29, 0.717) is 27.3 Å². The van der Waals surface area contributed by atoms with Gasteiger partial charge in [0.1, 0.15) is 11.5 Å². The number of hydrogen-bond donors (Lipinski definition) is 0. The van der Waals surface area contributed by atoms with Crippen LogP contribution in [0, 0.1) is 6.92 Å². The number of rotatable bonds is 4. The Kier molecular flexibility index (Phi) is 4.57. The molecule has 5 nitrogen and oxygen atoms in total. The number of furan rings is 1. The maximum atomic E-state index is 11.7. The van der Waals surface area contributed by atoms with Crippen LogP contribution < -0.4 is 0 Å². The molecule has 0 atom stereocenters. The summed E-state index contributed by atoms with van der Waals surface area (Å²) in [5, 5.41) is 0. The third kappa shape index (κ3) is 3.58. The van der Waals surface area contributed by atoms with E-state index in [-0.39, 0.29) is 5.78 Å². The molecule has 0 aliphatic heterocycles. The summed E-state index contributed by atoms with van der Waals surface area (Å²) in [5.41, 5.74) is 1.09. The van der Waals surface area contributed by atoms with E-state index in [1.165, 1.54) is 6.92 Å². The Bertz CT molecular complexity index is 705. The van der Waals surface area contributed by atoms with Gasteiger partial charge in [-0.15, -0.1) is 0 Å². The third-order valence-corrected chi connectivity index (χ3v) is 3.32. The summed E-state index contributed by atoms with van der Waals surface area (Å²) in [4.78, 5) is 22.3. The van der Waals surface area contributed by atoms with Crippen LogP contribution >= 0.6 is 15.9 Å². The average molecular weight is 350 g/mol. The summed E-state index contributed by atoms with van der Waals surface area (Å²) in [6.45, 7) is 3.36. The van der Waals surface area contributed by atoms with Crippen molar-refractivity contribution >= 4 is 33.9 Å². The van der Waals surface area contributed by atoms with Gasteiger partial charge in [-0.05, 0) is 48.0 Å². The number of halogens is 1. The van der Waals surface area contributed by atoms with Gasteiger partial charge in [-0.25, -0.2) is 9.98 Å². The van der Waals surface area contributed by atoms with Gasteiger partial charge in [0, 0.05) is 18.6 Å². The number of aromatic nitrogens is 1. The molecule has 2 aromatic rings. The molecular formula is C15H16BrN3O2. The lowest BCUT2D eigenvalue weighted by Crippen LogP contribution is -2.08. The summed E-state index contributed by atoms with van der Waals surface area (Å²) in [5.74, 6) is 1.73. The van der Waals surface area contributed by atoms with Gasteiger partial charge in [-0.1, -0.05) is 0 Å². The molecule has 0 unspecified atom stereocenters. The first-order valence-corrected chi connectivity index (χ1v) is 7.16. The molecule has 0 aliphatic carbocycles. The molecule has 0 amide bonds. The van der Waals surface area contributed by atoms with Gasteiger partial charge < -0.3 is 9.32 Å². The second-order valence-corrected chi connectivity index (χ2v) is 5.72. The second kappa shape index (κ2) is 6.22. The van der Waals surface area contributed by atoms with Gasteiger partial charge in [0.25, 0.3) is 0 Å². The van der Waals surface area contributed by atoms with E-state index >= 15 is 0 Å². The van der Waals surface area contributed by atoms with Gasteiger partial charge in [0.15, 0.2) is 17.4 Å². The van der Waals surface area contributed by atoms with E-state index in [2.05, 4.69) is 25.9 Å². The molecule has 0 bridgehead atoms. The maximum absolute atomic E-state index is 11.7. The zero-order valence-electron chi connectivity index (χ0n) is 12.3. The van der Waals surface area contributed by atoms with Crippen molar-refractivity contribution in [1.29, 1.82) is 0 Å². The molecule has 2 rings (SSSR count). The molecule has 0 fully saturated rings. The van der Waals surface area contributed by atoms with Crippen LogP contribution in [-0.2, 0) is 0 Å². The van der Waals surface area contributed by atoms with Crippen LogP contribution in [0.3, 0.4) is 0 Å². The highest BCUT2D eigenvalue weighted by atomic mass is 79.9. The predicted octanol–water partition coefficient (Wildman–Crippen LogP) is 3.84. The zero-order valence-corrected chi connectivity index (χ0v) is 13.9. The van der Waals surface area contributed by atoms with Crippen LogP contribution in [0.2, 0.25) is 0 Å². The van der Waals surface area contributed by atoms with E-state index in [1.54, 1.807) is 17.3 Å². The van der Waals surface area contributed by atoms with E-state index in [4.69, 9.17) is 4.42 Å². The molecule has 2 aromatic heterocycles. The Labute approximate surface area is 131 Å². The van der Waals surface area contributed by atoms with E-state index in [0.717, 1.165) is 5.76 Å². The van der Waals surface area contributed by atoms with Gasteiger partial charge in [-0.3, -0.25) is 4.79 Å². The third-order valence-electron chi connectivity index (χ3n) is 2.72. The Morgan fingerprint density at radius 1 is 1.43 bits per heavy atom. The normalized spacial score (nSPS) is 11.1. The smallest absolute Gasteiger partial charge is 0.165 e. The van der Waals surface area contributed by atoms with Crippen molar-refractivity contribution in [2.45, 2.75) is 13.8 Å². The highest BCUT2D eigenvalue weighted by Crippen LogP contribution is 2.32. The minimum atomic E-state index is -0.0868. The number of Topliss-reactive ketones (excluding diaryl/α,β-unsaturated/α-hetero) is 1. The molecule has 0 N–H and O–H groups in total. The van der Waals surface area contributed by atoms with Crippen LogP contribution in [0.15, 0.2) is 32.1 Å². The van der Waals surface area contributed by atoms with Crippen LogP contribution in [0.4, 0.5) is 5.82 Å². The lowest BCUT2D eigenvalue weighted by molar-refractivity contribution is 0.101. The summed E-state index contributed by atoms with van der Waals surface area (Å²) in [6, 6.07) is 5.44. The van der Waals surface area contributed by atoms with E-state index in [1.807, 2.05) is 33.2 Å². The largest absolute Gasteiger partial charge is 0.460 e. The fraction of sp³-hybridized carbons (Fsp3) is 0.267. The van der Waals surface area contributed by atoms with Crippen molar-refractivity contribution in [2.75, 3.05) is 14.1 Å². The molecule has 110 valence electrons. The number of aliphatic imine (C=N–C) groups is 1. The standard InChI is InChI=1S/C15H16BrN3O2/c1-9-5-6-13(21-9)14-12(16)7-11(10(2)20)15(18-14)17-8-19(3)4/h5-8H,1-4H3. The minimum absolute atomic E-state index is 0.0868. The SMILES string of the molecule is CC(=O)c1cc(Br)c(-c2ccc(C)o2)nc1N=CN(C)C. The molecule has 0 saturated carbocycles. The number of pyridine rings is 1. The van der Waals surface area contributed by atoms with Crippen LogP contribution in [-0.4, -0.2) is 36.1 Å². The lowest BCUT2D eigenvalue weighted by atomic mass is 10.1. The summed E-state index contributed by atoms with van der Waals surface area (Å²) < 4.78 is 6.29. The van der Waals surface area contributed by atoms with Gasteiger partial charge >= 0.3 is 0 Å². The number of carbonyl (C=O) groups excluding carboxylic acids is 1. The van der Waals surface area contributed by atoms with Crippen LogP contribution in [0.1, 0.15) is 23.0 Å². The van der Waals surface area contributed by atoms with Crippen molar-refractivity contribution < 1.29 is 9.21 Å². The fourth-order valence-electron chi connectivity index (χ4n) is 1.74. The van der Waals surface area contributed by atoms with Crippen LogP contribution in [0.25, 0.3) is 11.5 Å². The van der Waals surface area contributed by atoms with Gasteiger partial charge in [-0.2, -0.15) is 0 Å². The average Bonchev–Trinajstić information content (AvgIpc) is 2.83. The molecular weight excluding hydrogens is 334 g/mol. The highest BCUT2D eigenvalue weighted by molar-refractivity contribution is 9.10. The molecule has 6 heteroatoms. The first kappa shape index (κ1) is 15.4. The molecule has 0 aliphatic rings. The number of hydrogen-bond acceptors (Lipinski definition) is 4. The van der Waals surface area contributed by atoms with Crippen molar-refractivity contribution in [3.8, 4) is 11.5 Å². The molecule has 0 spiro atoms. The van der Waals surface area contributed by atoms with Gasteiger partial charge in [0.05, 0.1) is 11.9 Å². The molecule has 0 aromatic carbocycles. The highest BCUT2D eigenvalue weighted by Gasteiger charge is 2.16. The Morgan fingerprint density at radius 2 is 2.14 bits per heavy atom. The number of nitrogens with zero attached hydrogens (tertiary/aromatic N) is 3. The fourth-order valence-corrected chi connectivity index (χ4v) is 2.25.